The number of nitrogens with zero attached hydrogens (tertiary/aromatic N) is 4. The molecule has 156 valence electrons. The lowest BCUT2D eigenvalue weighted by Crippen LogP contribution is -2.47. The Morgan fingerprint density at radius 1 is 1.29 bits per heavy atom. The standard InChI is InChI=1S/C20H33N5O3/c1-6-18-13(2)22-25(14(18)3)11-19(26)21-15-7-16-12-28-17(10-24(16)9-15)8-20(27)23(4)5/h15-17H,6-12H2,1-5H3,(H,21,26)/t15-,16+,17+/m1/s1. The van der Waals surface area contributed by atoms with Crippen molar-refractivity contribution in [3.63, 3.8) is 0 Å². The fraction of sp³-hybridized carbons (Fsp3) is 0.750. The normalized spacial score (nSPS) is 24.8. The third-order valence-electron chi connectivity index (χ3n) is 5.93. The highest BCUT2D eigenvalue weighted by molar-refractivity contribution is 5.76. The molecule has 0 spiro atoms. The molecule has 3 rings (SSSR count). The van der Waals surface area contributed by atoms with E-state index in [1.807, 2.05) is 13.8 Å². The molecule has 0 aromatic carbocycles. The quantitative estimate of drug-likeness (QED) is 0.764. The summed E-state index contributed by atoms with van der Waals surface area (Å²) in [6, 6.07) is 0.434. The van der Waals surface area contributed by atoms with Crippen molar-refractivity contribution < 1.29 is 14.3 Å². The molecule has 2 amide bonds. The molecule has 3 atom stereocenters. The number of carbonyl (C=O) groups is 2. The molecule has 0 saturated carbocycles. The van der Waals surface area contributed by atoms with Crippen LogP contribution in [0.3, 0.4) is 0 Å². The molecule has 28 heavy (non-hydrogen) atoms. The van der Waals surface area contributed by atoms with E-state index in [0.717, 1.165) is 37.3 Å². The lowest BCUT2D eigenvalue weighted by Gasteiger charge is -2.35. The number of aryl methyl sites for hydroxylation is 1. The van der Waals surface area contributed by atoms with E-state index in [9.17, 15) is 9.59 Å². The predicted molar refractivity (Wildman–Crippen MR) is 106 cm³/mol. The Kier molecular flexibility index (Phi) is 6.40. The molecule has 2 fully saturated rings. The Labute approximate surface area is 167 Å². The fourth-order valence-corrected chi connectivity index (χ4v) is 4.36. The van der Waals surface area contributed by atoms with E-state index in [1.165, 1.54) is 5.56 Å². The highest BCUT2D eigenvalue weighted by Crippen LogP contribution is 2.24. The Morgan fingerprint density at radius 3 is 2.68 bits per heavy atom. The van der Waals surface area contributed by atoms with Gasteiger partial charge in [0, 0.05) is 45.0 Å². The summed E-state index contributed by atoms with van der Waals surface area (Å²) in [6.45, 7) is 8.55. The van der Waals surface area contributed by atoms with E-state index >= 15 is 0 Å². The van der Waals surface area contributed by atoms with Crippen molar-refractivity contribution in [2.24, 2.45) is 0 Å². The second-order valence-electron chi connectivity index (χ2n) is 8.22. The number of morpholine rings is 1. The summed E-state index contributed by atoms with van der Waals surface area (Å²) in [7, 11) is 3.53. The molecule has 0 unspecified atom stereocenters. The SMILES string of the molecule is CCc1c(C)nn(CC(=O)N[C@@H]2C[C@H]3CO[C@@H](CC(=O)N(C)C)CN3C2)c1C. The smallest absolute Gasteiger partial charge is 0.242 e. The molecule has 8 nitrogen and oxygen atoms in total. The van der Waals surface area contributed by atoms with Gasteiger partial charge in [0.05, 0.1) is 24.8 Å². The van der Waals surface area contributed by atoms with Gasteiger partial charge in [0.2, 0.25) is 11.8 Å². The molecule has 2 saturated heterocycles. The van der Waals surface area contributed by atoms with Gasteiger partial charge in [0.25, 0.3) is 0 Å². The van der Waals surface area contributed by atoms with Crippen LogP contribution in [-0.4, -0.2) is 83.4 Å². The van der Waals surface area contributed by atoms with E-state index in [1.54, 1.807) is 23.7 Å². The third-order valence-corrected chi connectivity index (χ3v) is 5.93. The van der Waals surface area contributed by atoms with Gasteiger partial charge in [-0.15, -0.1) is 0 Å². The molecule has 1 N–H and O–H groups in total. The zero-order chi connectivity index (χ0) is 20.4. The molecule has 2 aliphatic rings. The minimum absolute atomic E-state index is 0.00152. The van der Waals surface area contributed by atoms with Crippen LogP contribution < -0.4 is 5.32 Å². The predicted octanol–water partition coefficient (Wildman–Crippen LogP) is 0.499. The number of carbonyl (C=O) groups excluding carboxylic acids is 2. The molecule has 1 aromatic heterocycles. The van der Waals surface area contributed by atoms with Crippen LogP contribution in [0, 0.1) is 13.8 Å². The number of amides is 2. The lowest BCUT2D eigenvalue weighted by atomic mass is 10.1. The summed E-state index contributed by atoms with van der Waals surface area (Å²) >= 11 is 0. The molecule has 0 bridgehead atoms. The van der Waals surface area contributed by atoms with Crippen LogP contribution in [0.2, 0.25) is 0 Å². The molecule has 3 heterocycles. The summed E-state index contributed by atoms with van der Waals surface area (Å²) in [6.07, 6.45) is 2.15. The Balaban J connectivity index is 1.51. The number of nitrogens with one attached hydrogen (secondary N) is 1. The lowest BCUT2D eigenvalue weighted by molar-refractivity contribution is -0.134. The first kappa shape index (κ1) is 20.8. The zero-order valence-electron chi connectivity index (χ0n) is 17.7. The zero-order valence-corrected chi connectivity index (χ0v) is 17.7. The molecular weight excluding hydrogens is 358 g/mol. The second-order valence-corrected chi connectivity index (χ2v) is 8.22. The summed E-state index contributed by atoms with van der Waals surface area (Å²) in [5.74, 6) is 0.0854. The van der Waals surface area contributed by atoms with Gasteiger partial charge in [0.15, 0.2) is 0 Å². The van der Waals surface area contributed by atoms with Gasteiger partial charge in [0.1, 0.15) is 6.54 Å². The van der Waals surface area contributed by atoms with E-state index in [-0.39, 0.29) is 30.5 Å². The van der Waals surface area contributed by atoms with Gasteiger partial charge in [-0.1, -0.05) is 6.92 Å². The van der Waals surface area contributed by atoms with E-state index in [2.05, 4.69) is 22.2 Å². The van der Waals surface area contributed by atoms with Crippen LogP contribution in [0.4, 0.5) is 0 Å². The average Bonchev–Trinajstić information content (AvgIpc) is 3.14. The van der Waals surface area contributed by atoms with Gasteiger partial charge in [-0.25, -0.2) is 0 Å². The Morgan fingerprint density at radius 2 is 2.04 bits per heavy atom. The first-order valence-electron chi connectivity index (χ1n) is 10.2. The summed E-state index contributed by atoms with van der Waals surface area (Å²) in [5, 5.41) is 7.67. The number of ether oxygens (including phenoxy) is 1. The first-order chi connectivity index (χ1) is 13.3. The average molecular weight is 392 g/mol. The number of hydrogen-bond donors (Lipinski definition) is 1. The maximum absolute atomic E-state index is 12.5. The van der Waals surface area contributed by atoms with Crippen LogP contribution in [0.25, 0.3) is 0 Å². The van der Waals surface area contributed by atoms with Crippen molar-refractivity contribution in [1.29, 1.82) is 0 Å². The molecule has 0 radical (unpaired) electrons. The highest BCUT2D eigenvalue weighted by atomic mass is 16.5. The van der Waals surface area contributed by atoms with E-state index in [0.29, 0.717) is 19.1 Å². The number of aromatic nitrogens is 2. The van der Waals surface area contributed by atoms with Crippen molar-refractivity contribution in [3.8, 4) is 0 Å². The minimum Gasteiger partial charge on any atom is -0.375 e. The third kappa shape index (κ3) is 4.55. The van der Waals surface area contributed by atoms with Crippen LogP contribution in [-0.2, 0) is 27.3 Å². The second kappa shape index (κ2) is 8.61. The van der Waals surface area contributed by atoms with E-state index < -0.39 is 0 Å². The molecular formula is C20H33N5O3. The monoisotopic (exact) mass is 391 g/mol. The maximum Gasteiger partial charge on any atom is 0.242 e. The molecule has 1 aromatic rings. The van der Waals surface area contributed by atoms with Crippen molar-refractivity contribution in [3.05, 3.63) is 17.0 Å². The van der Waals surface area contributed by atoms with Gasteiger partial charge in [-0.2, -0.15) is 5.10 Å². The largest absolute Gasteiger partial charge is 0.375 e. The van der Waals surface area contributed by atoms with Crippen LogP contribution in [0.1, 0.15) is 36.7 Å². The van der Waals surface area contributed by atoms with E-state index in [4.69, 9.17) is 4.74 Å². The number of fused-ring (bicyclic) bond motifs is 1. The number of rotatable bonds is 6. The van der Waals surface area contributed by atoms with Gasteiger partial charge < -0.3 is 15.0 Å². The summed E-state index contributed by atoms with van der Waals surface area (Å²) < 4.78 is 7.69. The van der Waals surface area contributed by atoms with Gasteiger partial charge >= 0.3 is 0 Å². The van der Waals surface area contributed by atoms with Crippen molar-refractivity contribution in [2.75, 3.05) is 33.8 Å². The Bertz CT molecular complexity index is 730. The Hall–Kier alpha value is -1.93. The van der Waals surface area contributed by atoms with Crippen LogP contribution >= 0.6 is 0 Å². The van der Waals surface area contributed by atoms with Crippen molar-refractivity contribution in [2.45, 2.75) is 64.8 Å². The molecule has 0 aliphatic carbocycles. The van der Waals surface area contributed by atoms with Gasteiger partial charge in [-0.3, -0.25) is 19.2 Å². The van der Waals surface area contributed by atoms with Crippen molar-refractivity contribution in [1.82, 2.24) is 24.9 Å². The minimum atomic E-state index is -0.0669. The van der Waals surface area contributed by atoms with Gasteiger partial charge in [-0.05, 0) is 32.3 Å². The molecule has 8 heteroatoms. The fourth-order valence-electron chi connectivity index (χ4n) is 4.36. The summed E-state index contributed by atoms with van der Waals surface area (Å²) in [4.78, 5) is 28.4. The van der Waals surface area contributed by atoms with Crippen LogP contribution in [0.15, 0.2) is 0 Å². The summed E-state index contributed by atoms with van der Waals surface area (Å²) in [5.41, 5.74) is 3.29. The van der Waals surface area contributed by atoms with Crippen molar-refractivity contribution >= 4 is 11.8 Å². The first-order valence-corrected chi connectivity index (χ1v) is 10.2. The number of hydrogen-bond acceptors (Lipinski definition) is 5. The topological polar surface area (TPSA) is 79.7 Å². The molecule has 2 aliphatic heterocycles. The maximum atomic E-state index is 12.5. The van der Waals surface area contributed by atoms with Crippen LogP contribution in [0.5, 0.6) is 0 Å². The highest BCUT2D eigenvalue weighted by Gasteiger charge is 2.38.